The van der Waals surface area contributed by atoms with Crippen LogP contribution in [0.5, 0.6) is 0 Å². The fourth-order valence-electron chi connectivity index (χ4n) is 1.24. The van der Waals surface area contributed by atoms with Gasteiger partial charge in [-0.15, -0.1) is 0 Å². The summed E-state index contributed by atoms with van der Waals surface area (Å²) in [5, 5.41) is 0. The van der Waals surface area contributed by atoms with Gasteiger partial charge in [-0.2, -0.15) is 0 Å². The van der Waals surface area contributed by atoms with Crippen molar-refractivity contribution in [2.75, 3.05) is 47.1 Å². The summed E-state index contributed by atoms with van der Waals surface area (Å²) >= 11 is 0. The molecule has 0 aromatic heterocycles. The van der Waals surface area contributed by atoms with E-state index in [2.05, 4.69) is 0 Å². The monoisotopic (exact) mass is 252 g/mol. The smallest absolute Gasteiger partial charge is 0.378 e. The van der Waals surface area contributed by atoms with Crippen molar-refractivity contribution in [2.45, 2.75) is 12.5 Å². The second kappa shape index (κ2) is 10.2. The van der Waals surface area contributed by atoms with E-state index >= 15 is 0 Å². The molecule has 0 bridgehead atoms. The Labute approximate surface area is 98.5 Å². The molecule has 0 aromatic carbocycles. The quantitative estimate of drug-likeness (QED) is 0.383. The molecule has 4 N–H and O–H groups in total. The van der Waals surface area contributed by atoms with Crippen LogP contribution in [-0.2, 0) is 18.0 Å². The first-order valence-electron chi connectivity index (χ1n) is 5.46. The molecule has 0 heterocycles. The van der Waals surface area contributed by atoms with Crippen LogP contribution in [0, 0.1) is 0 Å². The minimum Gasteiger partial charge on any atom is -0.378 e. The lowest BCUT2D eigenvalue weighted by molar-refractivity contribution is 0.0519. The molecule has 0 amide bonds. The molecule has 0 saturated carbocycles. The van der Waals surface area contributed by atoms with E-state index in [0.29, 0.717) is 32.9 Å². The van der Waals surface area contributed by atoms with E-state index in [4.69, 9.17) is 29.5 Å². The molecule has 7 heteroatoms. The Morgan fingerprint density at radius 1 is 0.938 bits per heavy atom. The molecule has 0 radical (unpaired) electrons. The van der Waals surface area contributed by atoms with Crippen molar-refractivity contribution in [2.24, 2.45) is 11.5 Å². The van der Waals surface area contributed by atoms with Crippen LogP contribution < -0.4 is 11.5 Å². The van der Waals surface area contributed by atoms with Crippen LogP contribution in [0.25, 0.3) is 0 Å². The molecular weight excluding hydrogens is 228 g/mol. The minimum absolute atomic E-state index is 0.457. The molecule has 0 unspecified atom stereocenters. The first-order chi connectivity index (χ1) is 7.74. The Morgan fingerprint density at radius 2 is 1.62 bits per heavy atom. The maximum atomic E-state index is 5.65. The molecule has 0 aliphatic carbocycles. The van der Waals surface area contributed by atoms with Gasteiger partial charge in [-0.1, -0.05) is 0 Å². The standard InChI is InChI=1S/C9H24N2O4Si/c1-12-16(13-2,9-3-4-10)15-8-7-14-6-5-11/h3-11H2,1-2H3. The zero-order valence-corrected chi connectivity index (χ0v) is 11.2. The molecule has 16 heavy (non-hydrogen) atoms. The lowest BCUT2D eigenvalue weighted by Gasteiger charge is -2.26. The van der Waals surface area contributed by atoms with Crippen molar-refractivity contribution >= 4 is 8.80 Å². The van der Waals surface area contributed by atoms with E-state index in [-0.39, 0.29) is 0 Å². The zero-order chi connectivity index (χ0) is 12.3. The summed E-state index contributed by atoms with van der Waals surface area (Å²) in [5.74, 6) is 0. The lowest BCUT2D eigenvalue weighted by Crippen LogP contribution is -2.45. The van der Waals surface area contributed by atoms with Crippen molar-refractivity contribution in [3.63, 3.8) is 0 Å². The van der Waals surface area contributed by atoms with E-state index in [1.807, 2.05) is 0 Å². The van der Waals surface area contributed by atoms with E-state index in [1.165, 1.54) is 0 Å². The summed E-state index contributed by atoms with van der Waals surface area (Å²) in [7, 11) is 0.692. The van der Waals surface area contributed by atoms with Gasteiger partial charge in [0.25, 0.3) is 0 Å². The van der Waals surface area contributed by atoms with Gasteiger partial charge in [0.2, 0.25) is 0 Å². The van der Waals surface area contributed by atoms with Crippen molar-refractivity contribution < 1.29 is 18.0 Å². The molecule has 0 rings (SSSR count). The Morgan fingerprint density at radius 3 is 2.12 bits per heavy atom. The Kier molecular flexibility index (Phi) is 10.1. The number of hydrogen-bond donors (Lipinski definition) is 2. The van der Waals surface area contributed by atoms with E-state index in [1.54, 1.807) is 14.2 Å². The fraction of sp³-hybridized carbons (Fsp3) is 1.00. The predicted molar refractivity (Wildman–Crippen MR) is 64.1 cm³/mol. The van der Waals surface area contributed by atoms with Gasteiger partial charge in [0, 0.05) is 26.8 Å². The van der Waals surface area contributed by atoms with Crippen molar-refractivity contribution in [3.8, 4) is 0 Å². The minimum atomic E-state index is -2.52. The topological polar surface area (TPSA) is 89.0 Å². The first-order valence-corrected chi connectivity index (χ1v) is 7.40. The van der Waals surface area contributed by atoms with Crippen LogP contribution in [0.4, 0.5) is 0 Å². The van der Waals surface area contributed by atoms with E-state index < -0.39 is 8.80 Å². The van der Waals surface area contributed by atoms with E-state index in [9.17, 15) is 0 Å². The van der Waals surface area contributed by atoms with Gasteiger partial charge in [0.1, 0.15) is 0 Å². The maximum Gasteiger partial charge on any atom is 0.500 e. The number of ether oxygens (including phenoxy) is 1. The molecular formula is C9H24N2O4Si. The third-order valence-corrected chi connectivity index (χ3v) is 4.97. The van der Waals surface area contributed by atoms with Crippen molar-refractivity contribution in [1.82, 2.24) is 0 Å². The van der Waals surface area contributed by atoms with Gasteiger partial charge < -0.3 is 29.5 Å². The highest BCUT2D eigenvalue weighted by Gasteiger charge is 2.37. The molecule has 6 nitrogen and oxygen atoms in total. The van der Waals surface area contributed by atoms with Crippen LogP contribution >= 0.6 is 0 Å². The average molecular weight is 252 g/mol. The summed E-state index contributed by atoms with van der Waals surface area (Å²) < 4.78 is 21.6. The largest absolute Gasteiger partial charge is 0.500 e. The second-order valence-corrected chi connectivity index (χ2v) is 6.20. The number of rotatable bonds is 11. The molecule has 0 saturated heterocycles. The van der Waals surface area contributed by atoms with Gasteiger partial charge in [0.05, 0.1) is 19.8 Å². The third kappa shape index (κ3) is 6.54. The zero-order valence-electron chi connectivity index (χ0n) is 10.2. The Bertz CT molecular complexity index is 158. The van der Waals surface area contributed by atoms with Crippen LogP contribution in [0.1, 0.15) is 6.42 Å². The summed E-state index contributed by atoms with van der Waals surface area (Å²) in [5.41, 5.74) is 10.8. The molecule has 0 aromatic rings. The van der Waals surface area contributed by atoms with Gasteiger partial charge in [0.15, 0.2) is 0 Å². The molecule has 98 valence electrons. The Hall–Kier alpha value is -0.0231. The third-order valence-electron chi connectivity index (χ3n) is 2.12. The molecule has 0 atom stereocenters. The average Bonchev–Trinajstić information content (AvgIpc) is 2.33. The molecule has 0 fully saturated rings. The Balaban J connectivity index is 3.82. The number of hydrogen-bond acceptors (Lipinski definition) is 6. The van der Waals surface area contributed by atoms with Gasteiger partial charge in [-0.05, 0) is 13.0 Å². The van der Waals surface area contributed by atoms with Gasteiger partial charge >= 0.3 is 8.80 Å². The van der Waals surface area contributed by atoms with Crippen molar-refractivity contribution in [3.05, 3.63) is 0 Å². The fourth-order valence-corrected chi connectivity index (χ4v) is 3.22. The van der Waals surface area contributed by atoms with Crippen LogP contribution in [0.2, 0.25) is 6.04 Å². The SMILES string of the molecule is CO[Si](CCCN)(OC)OCCOCCN. The van der Waals surface area contributed by atoms with Crippen molar-refractivity contribution in [1.29, 1.82) is 0 Å². The summed E-state index contributed by atoms with van der Waals surface area (Å²) in [6, 6.07) is 0.730. The molecule has 0 spiro atoms. The molecule has 0 aliphatic heterocycles. The second-order valence-electron chi connectivity index (χ2n) is 3.23. The summed E-state index contributed by atoms with van der Waals surface area (Å²) in [4.78, 5) is 0. The van der Waals surface area contributed by atoms with Crippen LogP contribution in [-0.4, -0.2) is 55.9 Å². The summed E-state index contributed by atoms with van der Waals surface area (Å²) in [6.07, 6.45) is 0.831. The van der Waals surface area contributed by atoms with Gasteiger partial charge in [-0.25, -0.2) is 0 Å². The lowest BCUT2D eigenvalue weighted by atomic mass is 10.5. The maximum absolute atomic E-state index is 5.65. The normalized spacial score (nSPS) is 12.0. The van der Waals surface area contributed by atoms with Crippen LogP contribution in [0.3, 0.4) is 0 Å². The highest BCUT2D eigenvalue weighted by Crippen LogP contribution is 2.15. The number of nitrogens with two attached hydrogens (primary N) is 2. The highest BCUT2D eigenvalue weighted by molar-refractivity contribution is 6.60. The predicted octanol–water partition coefficient (Wildman–Crippen LogP) is -0.441. The van der Waals surface area contributed by atoms with Crippen LogP contribution in [0.15, 0.2) is 0 Å². The highest BCUT2D eigenvalue weighted by atomic mass is 28.4. The molecule has 0 aliphatic rings. The van der Waals surface area contributed by atoms with E-state index in [0.717, 1.165) is 12.5 Å². The van der Waals surface area contributed by atoms with Gasteiger partial charge in [-0.3, -0.25) is 0 Å². The summed E-state index contributed by atoms with van der Waals surface area (Å²) in [6.45, 7) is 2.62. The first kappa shape index (κ1) is 16.0.